The maximum absolute atomic E-state index is 5.77. The van der Waals surface area contributed by atoms with Gasteiger partial charge in [-0.05, 0) is 57.0 Å². The van der Waals surface area contributed by atoms with E-state index in [9.17, 15) is 0 Å². The van der Waals surface area contributed by atoms with Gasteiger partial charge in [0, 0.05) is 6.54 Å². The molecule has 0 spiro atoms. The molecule has 1 aromatic carbocycles. The Labute approximate surface area is 122 Å². The van der Waals surface area contributed by atoms with Gasteiger partial charge in [-0.2, -0.15) is 0 Å². The number of ether oxygens (including phenoxy) is 2. The van der Waals surface area contributed by atoms with Gasteiger partial charge < -0.3 is 14.4 Å². The van der Waals surface area contributed by atoms with Crippen molar-refractivity contribution in [2.24, 2.45) is 0 Å². The van der Waals surface area contributed by atoms with Gasteiger partial charge in [0.2, 0.25) is 0 Å². The van der Waals surface area contributed by atoms with Crippen molar-refractivity contribution in [3.63, 3.8) is 0 Å². The van der Waals surface area contributed by atoms with Gasteiger partial charge in [0.15, 0.2) is 0 Å². The fraction of sp³-hybridized carbons (Fsp3) is 0.647. The minimum Gasteiger partial charge on any atom is -0.491 e. The largest absolute Gasteiger partial charge is 0.491 e. The average molecular weight is 277 g/mol. The molecule has 0 atom stereocenters. The van der Waals surface area contributed by atoms with Crippen LogP contribution in [0.5, 0.6) is 5.75 Å². The molecule has 0 unspecified atom stereocenters. The number of hydrogen-bond acceptors (Lipinski definition) is 3. The van der Waals surface area contributed by atoms with Gasteiger partial charge in [-0.1, -0.05) is 18.6 Å². The molecule has 1 aliphatic heterocycles. The highest BCUT2D eigenvalue weighted by Gasteiger charge is 2.09. The standard InChI is InChI=1S/C17H27NO2/c1-15-7-6-8-17(16(15)2)20-14-13-19-12-11-18-9-4-3-5-10-18/h6-8H,3-5,9-14H2,1-2H3. The van der Waals surface area contributed by atoms with Crippen molar-refractivity contribution in [1.82, 2.24) is 4.90 Å². The van der Waals surface area contributed by atoms with E-state index in [2.05, 4.69) is 24.8 Å². The molecule has 0 saturated carbocycles. The number of hydrogen-bond donors (Lipinski definition) is 0. The Balaban J connectivity index is 1.56. The lowest BCUT2D eigenvalue weighted by molar-refractivity contribution is 0.0749. The molecule has 3 nitrogen and oxygen atoms in total. The minimum absolute atomic E-state index is 0.629. The van der Waals surface area contributed by atoms with E-state index in [4.69, 9.17) is 9.47 Å². The zero-order valence-corrected chi connectivity index (χ0v) is 12.9. The Morgan fingerprint density at radius 3 is 2.60 bits per heavy atom. The van der Waals surface area contributed by atoms with Crippen molar-refractivity contribution in [1.29, 1.82) is 0 Å². The van der Waals surface area contributed by atoms with Crippen molar-refractivity contribution in [3.05, 3.63) is 29.3 Å². The summed E-state index contributed by atoms with van der Waals surface area (Å²) in [6.07, 6.45) is 4.08. The molecule has 0 N–H and O–H groups in total. The van der Waals surface area contributed by atoms with E-state index >= 15 is 0 Å². The Bertz CT molecular complexity index is 400. The predicted octanol–water partition coefficient (Wildman–Crippen LogP) is 3.18. The molecule has 1 fully saturated rings. The van der Waals surface area contributed by atoms with Crippen molar-refractivity contribution >= 4 is 0 Å². The molecule has 1 saturated heterocycles. The highest BCUT2D eigenvalue weighted by molar-refractivity contribution is 5.38. The van der Waals surface area contributed by atoms with Gasteiger partial charge in [-0.15, -0.1) is 0 Å². The van der Waals surface area contributed by atoms with Gasteiger partial charge in [0.05, 0.1) is 13.2 Å². The van der Waals surface area contributed by atoms with Crippen LogP contribution in [0.3, 0.4) is 0 Å². The van der Waals surface area contributed by atoms with Crippen LogP contribution in [0.15, 0.2) is 18.2 Å². The highest BCUT2D eigenvalue weighted by atomic mass is 16.5. The number of benzene rings is 1. The van der Waals surface area contributed by atoms with E-state index < -0.39 is 0 Å². The molecule has 20 heavy (non-hydrogen) atoms. The molecular formula is C17H27NO2. The first kappa shape index (κ1) is 15.3. The highest BCUT2D eigenvalue weighted by Crippen LogP contribution is 2.20. The van der Waals surface area contributed by atoms with E-state index in [-0.39, 0.29) is 0 Å². The van der Waals surface area contributed by atoms with Gasteiger partial charge in [-0.3, -0.25) is 0 Å². The van der Waals surface area contributed by atoms with E-state index in [1.165, 1.54) is 43.5 Å². The zero-order chi connectivity index (χ0) is 14.2. The van der Waals surface area contributed by atoms with Gasteiger partial charge >= 0.3 is 0 Å². The van der Waals surface area contributed by atoms with Gasteiger partial charge in [0.1, 0.15) is 12.4 Å². The lowest BCUT2D eigenvalue weighted by Crippen LogP contribution is -2.32. The quantitative estimate of drug-likeness (QED) is 0.715. The summed E-state index contributed by atoms with van der Waals surface area (Å²) in [5.74, 6) is 0.977. The Hall–Kier alpha value is -1.06. The van der Waals surface area contributed by atoms with Gasteiger partial charge in [0.25, 0.3) is 0 Å². The smallest absolute Gasteiger partial charge is 0.122 e. The summed E-state index contributed by atoms with van der Waals surface area (Å²) in [5.41, 5.74) is 2.49. The summed E-state index contributed by atoms with van der Waals surface area (Å²) in [7, 11) is 0. The second kappa shape index (κ2) is 8.28. The first-order valence-electron chi connectivity index (χ1n) is 7.76. The molecule has 0 aliphatic carbocycles. The summed E-state index contributed by atoms with van der Waals surface area (Å²) in [6.45, 7) is 9.86. The minimum atomic E-state index is 0.629. The van der Waals surface area contributed by atoms with Crippen molar-refractivity contribution in [2.75, 3.05) is 39.5 Å². The SMILES string of the molecule is Cc1cccc(OCCOCCN2CCCCC2)c1C. The third-order valence-corrected chi connectivity index (χ3v) is 4.04. The molecule has 0 aromatic heterocycles. The van der Waals surface area contributed by atoms with Crippen LogP contribution in [0.2, 0.25) is 0 Å². The van der Waals surface area contributed by atoms with E-state index in [1.54, 1.807) is 0 Å². The summed E-state index contributed by atoms with van der Waals surface area (Å²) < 4.78 is 11.4. The van der Waals surface area contributed by atoms with Crippen molar-refractivity contribution in [2.45, 2.75) is 33.1 Å². The molecule has 1 aromatic rings. The molecule has 2 rings (SSSR count). The number of nitrogens with zero attached hydrogens (tertiary/aromatic N) is 1. The average Bonchev–Trinajstić information content (AvgIpc) is 2.48. The summed E-state index contributed by atoms with van der Waals surface area (Å²) in [5, 5.41) is 0. The lowest BCUT2D eigenvalue weighted by atomic mass is 10.1. The first-order valence-corrected chi connectivity index (χ1v) is 7.76. The normalized spacial score (nSPS) is 16.3. The monoisotopic (exact) mass is 277 g/mol. The van der Waals surface area contributed by atoms with Crippen LogP contribution in [0.4, 0.5) is 0 Å². The summed E-state index contributed by atoms with van der Waals surface area (Å²) in [6, 6.07) is 6.17. The Morgan fingerprint density at radius 1 is 1.00 bits per heavy atom. The molecular weight excluding hydrogens is 250 g/mol. The Kier molecular flexibility index (Phi) is 6.34. The predicted molar refractivity (Wildman–Crippen MR) is 82.5 cm³/mol. The summed E-state index contributed by atoms with van der Waals surface area (Å²) >= 11 is 0. The van der Waals surface area contributed by atoms with Crippen LogP contribution in [-0.2, 0) is 4.74 Å². The first-order chi connectivity index (χ1) is 9.77. The van der Waals surface area contributed by atoms with Crippen LogP contribution >= 0.6 is 0 Å². The topological polar surface area (TPSA) is 21.7 Å². The zero-order valence-electron chi connectivity index (χ0n) is 12.9. The lowest BCUT2D eigenvalue weighted by Gasteiger charge is -2.26. The molecule has 3 heteroatoms. The van der Waals surface area contributed by atoms with Crippen LogP contribution in [0.25, 0.3) is 0 Å². The molecule has 0 radical (unpaired) electrons. The van der Waals surface area contributed by atoms with Gasteiger partial charge in [-0.25, -0.2) is 0 Å². The number of rotatable bonds is 7. The fourth-order valence-corrected chi connectivity index (χ4v) is 2.57. The molecule has 0 amide bonds. The van der Waals surface area contributed by atoms with E-state index in [0.29, 0.717) is 13.2 Å². The third kappa shape index (κ3) is 4.80. The van der Waals surface area contributed by atoms with Crippen LogP contribution in [0.1, 0.15) is 30.4 Å². The number of piperidine rings is 1. The fourth-order valence-electron chi connectivity index (χ4n) is 2.57. The Morgan fingerprint density at radius 2 is 1.80 bits per heavy atom. The second-order valence-corrected chi connectivity index (χ2v) is 5.56. The second-order valence-electron chi connectivity index (χ2n) is 5.56. The number of aryl methyl sites for hydroxylation is 1. The number of likely N-dealkylation sites (tertiary alicyclic amines) is 1. The van der Waals surface area contributed by atoms with Crippen LogP contribution < -0.4 is 4.74 Å². The molecule has 1 heterocycles. The van der Waals surface area contributed by atoms with Crippen molar-refractivity contribution in [3.8, 4) is 5.75 Å². The van der Waals surface area contributed by atoms with E-state index in [1.807, 2.05) is 12.1 Å². The molecule has 112 valence electrons. The van der Waals surface area contributed by atoms with Crippen LogP contribution in [0, 0.1) is 13.8 Å². The maximum Gasteiger partial charge on any atom is 0.122 e. The molecule has 0 bridgehead atoms. The summed E-state index contributed by atoms with van der Waals surface area (Å²) in [4.78, 5) is 2.50. The van der Waals surface area contributed by atoms with Crippen LogP contribution in [-0.4, -0.2) is 44.4 Å². The third-order valence-electron chi connectivity index (χ3n) is 4.04. The van der Waals surface area contributed by atoms with Crippen molar-refractivity contribution < 1.29 is 9.47 Å². The van der Waals surface area contributed by atoms with E-state index in [0.717, 1.165) is 18.9 Å². The maximum atomic E-state index is 5.77. The molecule has 1 aliphatic rings.